The number of amides is 1. The molecule has 36 heavy (non-hydrogen) atoms. The summed E-state index contributed by atoms with van der Waals surface area (Å²) < 4.78 is 8.94. The number of nitrogens with one attached hydrogen (secondary N) is 1. The highest BCUT2D eigenvalue weighted by atomic mass is 35.5. The molecule has 1 amide bonds. The van der Waals surface area contributed by atoms with E-state index in [0.29, 0.717) is 45.1 Å². The standard InChI is InChI=1S/C26H24ClN7O2/c1-16(2)18-4-10-21(11-5-18)36-14-24(35)31-23-12-17(3)32-34(23)26-22-13-30-33(25(22)28-15-29-26)20-8-6-19(27)7-9-20/h4-13,15-16H,14H2,1-3H3,(H,31,35). The van der Waals surface area contributed by atoms with E-state index in [-0.39, 0.29) is 12.5 Å². The molecule has 0 spiro atoms. The van der Waals surface area contributed by atoms with Gasteiger partial charge in [0.2, 0.25) is 0 Å². The third-order valence-electron chi connectivity index (χ3n) is 5.63. The first-order valence-corrected chi connectivity index (χ1v) is 11.8. The number of anilines is 1. The molecule has 0 aliphatic rings. The van der Waals surface area contributed by atoms with Crippen molar-refractivity contribution in [2.75, 3.05) is 11.9 Å². The lowest BCUT2D eigenvalue weighted by Gasteiger charge is -2.11. The molecule has 5 rings (SSSR count). The zero-order valence-corrected chi connectivity index (χ0v) is 20.8. The fraction of sp³-hybridized carbons (Fsp3) is 0.192. The number of nitrogens with zero attached hydrogens (tertiary/aromatic N) is 6. The van der Waals surface area contributed by atoms with E-state index in [1.165, 1.54) is 11.9 Å². The molecule has 0 unspecified atom stereocenters. The van der Waals surface area contributed by atoms with Crippen molar-refractivity contribution in [1.82, 2.24) is 29.5 Å². The molecular formula is C26H24ClN7O2. The number of fused-ring (bicyclic) bond motifs is 1. The van der Waals surface area contributed by atoms with Crippen molar-refractivity contribution < 1.29 is 9.53 Å². The Kier molecular flexibility index (Phi) is 6.39. The highest BCUT2D eigenvalue weighted by Gasteiger charge is 2.18. The summed E-state index contributed by atoms with van der Waals surface area (Å²) in [4.78, 5) is 21.5. The normalized spacial score (nSPS) is 11.2. The van der Waals surface area contributed by atoms with E-state index in [2.05, 4.69) is 39.3 Å². The quantitative estimate of drug-likeness (QED) is 0.333. The molecule has 0 saturated carbocycles. The van der Waals surface area contributed by atoms with E-state index in [1.54, 1.807) is 33.8 Å². The van der Waals surface area contributed by atoms with Gasteiger partial charge in [-0.1, -0.05) is 37.6 Å². The van der Waals surface area contributed by atoms with E-state index in [1.807, 2.05) is 43.3 Å². The summed E-state index contributed by atoms with van der Waals surface area (Å²) in [5, 5.41) is 13.2. The highest BCUT2D eigenvalue weighted by Crippen LogP contribution is 2.25. The number of ether oxygens (including phenoxy) is 1. The summed E-state index contributed by atoms with van der Waals surface area (Å²) in [5.74, 6) is 1.71. The molecule has 2 aromatic carbocycles. The maximum atomic E-state index is 12.7. The number of aromatic nitrogens is 6. The molecule has 0 radical (unpaired) electrons. The fourth-order valence-electron chi connectivity index (χ4n) is 3.80. The van der Waals surface area contributed by atoms with Crippen molar-refractivity contribution in [2.45, 2.75) is 26.7 Å². The predicted octanol–water partition coefficient (Wildman–Crippen LogP) is 5.10. The van der Waals surface area contributed by atoms with Crippen LogP contribution in [0.2, 0.25) is 5.02 Å². The van der Waals surface area contributed by atoms with Crippen LogP contribution in [0, 0.1) is 6.92 Å². The molecule has 0 aliphatic carbocycles. The number of hydrogen-bond acceptors (Lipinski definition) is 6. The number of rotatable bonds is 7. The van der Waals surface area contributed by atoms with Gasteiger partial charge in [-0.15, -0.1) is 0 Å². The second kappa shape index (κ2) is 9.79. The van der Waals surface area contributed by atoms with E-state index >= 15 is 0 Å². The van der Waals surface area contributed by atoms with Gasteiger partial charge >= 0.3 is 0 Å². The lowest BCUT2D eigenvalue weighted by molar-refractivity contribution is -0.118. The topological polar surface area (TPSA) is 99.7 Å². The molecular weight excluding hydrogens is 478 g/mol. The molecule has 0 bridgehead atoms. The van der Waals surface area contributed by atoms with Crippen LogP contribution >= 0.6 is 11.6 Å². The number of hydrogen-bond donors (Lipinski definition) is 1. The summed E-state index contributed by atoms with van der Waals surface area (Å²) in [7, 11) is 0. The second-order valence-corrected chi connectivity index (χ2v) is 9.05. The summed E-state index contributed by atoms with van der Waals surface area (Å²) in [6.45, 7) is 5.96. The smallest absolute Gasteiger partial charge is 0.263 e. The van der Waals surface area contributed by atoms with Crippen molar-refractivity contribution in [3.05, 3.63) is 83.4 Å². The Morgan fingerprint density at radius 2 is 1.81 bits per heavy atom. The SMILES string of the molecule is Cc1cc(NC(=O)COc2ccc(C(C)C)cc2)n(-c2ncnc3c2cnn3-c2ccc(Cl)cc2)n1. The van der Waals surface area contributed by atoms with E-state index in [4.69, 9.17) is 16.3 Å². The summed E-state index contributed by atoms with van der Waals surface area (Å²) in [6.07, 6.45) is 3.12. The molecule has 10 heteroatoms. The number of aryl methyl sites for hydroxylation is 1. The van der Waals surface area contributed by atoms with Crippen LogP contribution in [0.3, 0.4) is 0 Å². The maximum absolute atomic E-state index is 12.7. The summed E-state index contributed by atoms with van der Waals surface area (Å²) in [6, 6.07) is 16.8. The predicted molar refractivity (Wildman–Crippen MR) is 138 cm³/mol. The molecule has 0 aliphatic heterocycles. The zero-order valence-electron chi connectivity index (χ0n) is 20.0. The first kappa shape index (κ1) is 23.5. The molecule has 3 aromatic heterocycles. The van der Waals surface area contributed by atoms with Crippen LogP contribution in [-0.4, -0.2) is 42.0 Å². The minimum atomic E-state index is -0.314. The Balaban J connectivity index is 1.38. The van der Waals surface area contributed by atoms with Gasteiger partial charge in [0.15, 0.2) is 18.1 Å². The van der Waals surface area contributed by atoms with Crippen LogP contribution in [0.25, 0.3) is 22.5 Å². The molecule has 9 nitrogen and oxygen atoms in total. The summed E-state index contributed by atoms with van der Waals surface area (Å²) >= 11 is 6.02. The van der Waals surface area contributed by atoms with Gasteiger partial charge < -0.3 is 10.1 Å². The van der Waals surface area contributed by atoms with Crippen LogP contribution in [0.4, 0.5) is 5.82 Å². The lowest BCUT2D eigenvalue weighted by Crippen LogP contribution is -2.22. The third-order valence-corrected chi connectivity index (χ3v) is 5.88. The molecule has 182 valence electrons. The van der Waals surface area contributed by atoms with Crippen LogP contribution in [0.5, 0.6) is 5.75 Å². The van der Waals surface area contributed by atoms with Crippen LogP contribution in [-0.2, 0) is 4.79 Å². The molecule has 3 heterocycles. The Hall–Kier alpha value is -4.24. The molecule has 0 atom stereocenters. The fourth-order valence-corrected chi connectivity index (χ4v) is 3.92. The van der Waals surface area contributed by atoms with Crippen molar-refractivity contribution in [2.24, 2.45) is 0 Å². The third kappa shape index (κ3) is 4.78. The number of benzene rings is 2. The minimum absolute atomic E-state index is 0.140. The number of carbonyl (C=O) groups excluding carboxylic acids is 1. The monoisotopic (exact) mass is 501 g/mol. The molecule has 0 fully saturated rings. The Labute approximate surface area is 212 Å². The van der Waals surface area contributed by atoms with E-state index < -0.39 is 0 Å². The van der Waals surface area contributed by atoms with Gasteiger partial charge in [-0.05, 0) is 54.8 Å². The Morgan fingerprint density at radius 3 is 2.53 bits per heavy atom. The van der Waals surface area contributed by atoms with Crippen molar-refractivity contribution in [3.63, 3.8) is 0 Å². The van der Waals surface area contributed by atoms with Gasteiger partial charge in [0.1, 0.15) is 17.9 Å². The van der Waals surface area contributed by atoms with Gasteiger partial charge in [0.05, 0.1) is 23.0 Å². The summed E-state index contributed by atoms with van der Waals surface area (Å²) in [5.41, 5.74) is 3.33. The van der Waals surface area contributed by atoms with Gasteiger partial charge in [0.25, 0.3) is 5.91 Å². The first-order chi connectivity index (χ1) is 17.4. The van der Waals surface area contributed by atoms with E-state index in [9.17, 15) is 4.79 Å². The van der Waals surface area contributed by atoms with Gasteiger partial charge in [-0.25, -0.2) is 14.6 Å². The average molecular weight is 502 g/mol. The molecule has 0 saturated heterocycles. The zero-order chi connectivity index (χ0) is 25.2. The first-order valence-electron chi connectivity index (χ1n) is 11.4. The highest BCUT2D eigenvalue weighted by molar-refractivity contribution is 6.30. The minimum Gasteiger partial charge on any atom is -0.484 e. The largest absolute Gasteiger partial charge is 0.484 e. The Morgan fingerprint density at radius 1 is 1.06 bits per heavy atom. The Bertz CT molecular complexity index is 1520. The molecule has 1 N–H and O–H groups in total. The van der Waals surface area contributed by atoms with Crippen LogP contribution < -0.4 is 10.1 Å². The van der Waals surface area contributed by atoms with E-state index in [0.717, 1.165) is 5.69 Å². The second-order valence-electron chi connectivity index (χ2n) is 8.61. The van der Waals surface area contributed by atoms with Crippen molar-refractivity contribution in [1.29, 1.82) is 0 Å². The van der Waals surface area contributed by atoms with Crippen molar-refractivity contribution >= 4 is 34.4 Å². The van der Waals surface area contributed by atoms with Gasteiger partial charge in [-0.3, -0.25) is 4.79 Å². The van der Waals surface area contributed by atoms with Gasteiger partial charge in [-0.2, -0.15) is 14.9 Å². The number of halogens is 1. The molecule has 5 aromatic rings. The van der Waals surface area contributed by atoms with Gasteiger partial charge in [0, 0.05) is 11.1 Å². The lowest BCUT2D eigenvalue weighted by atomic mass is 10.0. The van der Waals surface area contributed by atoms with Crippen LogP contribution in [0.15, 0.2) is 67.1 Å². The van der Waals surface area contributed by atoms with Crippen LogP contribution in [0.1, 0.15) is 31.0 Å². The number of carbonyl (C=O) groups is 1. The maximum Gasteiger partial charge on any atom is 0.263 e. The van der Waals surface area contributed by atoms with Crippen molar-refractivity contribution in [3.8, 4) is 17.3 Å². The average Bonchev–Trinajstić information content (AvgIpc) is 3.46.